The van der Waals surface area contributed by atoms with E-state index in [1.165, 1.54) is 12.2 Å². The number of hydrogen-bond donors (Lipinski definition) is 3. The van der Waals surface area contributed by atoms with Crippen LogP contribution in [0.2, 0.25) is 0 Å². The number of carboxylic acid groups (broad SMARTS) is 1. The minimum Gasteiger partial charge on any atom is -0.628 e. The van der Waals surface area contributed by atoms with Crippen LogP contribution >= 0.6 is 0 Å². The molecule has 7 heteroatoms. The van der Waals surface area contributed by atoms with Crippen LogP contribution < -0.4 is 10.1 Å². The number of hydroxylamine groups is 4. The van der Waals surface area contributed by atoms with Crippen molar-refractivity contribution in [2.75, 3.05) is 0 Å². The number of nitrogens with one attached hydrogen (secondary N) is 2. The highest BCUT2D eigenvalue weighted by Gasteiger charge is 2.45. The maximum absolute atomic E-state index is 12.1. The molecule has 0 saturated carbocycles. The summed E-state index contributed by atoms with van der Waals surface area (Å²) in [6.45, 7) is 1.09. The Morgan fingerprint density at radius 1 is 1.11 bits per heavy atom. The van der Waals surface area contributed by atoms with Gasteiger partial charge >= 0.3 is 5.97 Å². The SMILES string of the molecule is CC(=O)C1=C(C(=O)O)[NH+]([O-])C2C=CC=CC2[NH+]1[O-]. The van der Waals surface area contributed by atoms with Crippen LogP contribution in [0.15, 0.2) is 35.7 Å². The molecule has 96 valence electrons. The van der Waals surface area contributed by atoms with Gasteiger partial charge in [0.1, 0.15) is 0 Å². The Labute approximate surface area is 102 Å². The molecule has 0 spiro atoms. The molecule has 0 amide bonds. The molecule has 0 fully saturated rings. The van der Waals surface area contributed by atoms with Gasteiger partial charge in [-0.15, -0.1) is 0 Å². The Bertz CT molecular complexity index is 450. The lowest BCUT2D eigenvalue weighted by Gasteiger charge is -2.43. The Morgan fingerprint density at radius 3 is 1.94 bits per heavy atom. The minimum absolute atomic E-state index is 0.492. The summed E-state index contributed by atoms with van der Waals surface area (Å²) in [6, 6.07) is -1.57. The van der Waals surface area contributed by atoms with Gasteiger partial charge in [-0.25, -0.2) is 4.79 Å². The monoisotopic (exact) mass is 252 g/mol. The Morgan fingerprint density at radius 2 is 1.56 bits per heavy atom. The second-order valence-electron chi connectivity index (χ2n) is 4.16. The molecule has 0 aromatic rings. The van der Waals surface area contributed by atoms with Gasteiger partial charge < -0.3 is 25.6 Å². The number of hydrogen-bond acceptors (Lipinski definition) is 4. The van der Waals surface area contributed by atoms with E-state index in [1.807, 2.05) is 0 Å². The van der Waals surface area contributed by atoms with Crippen molar-refractivity contribution in [3.05, 3.63) is 46.1 Å². The molecule has 2 rings (SSSR count). The summed E-state index contributed by atoms with van der Waals surface area (Å²) in [5, 5.41) is 31.9. The first-order valence-electron chi connectivity index (χ1n) is 5.37. The molecule has 7 nitrogen and oxygen atoms in total. The molecule has 3 N–H and O–H groups in total. The van der Waals surface area contributed by atoms with Crippen LogP contribution in [0.4, 0.5) is 0 Å². The molecule has 4 unspecified atom stereocenters. The molecular weight excluding hydrogens is 240 g/mol. The van der Waals surface area contributed by atoms with E-state index in [2.05, 4.69) is 0 Å². The summed E-state index contributed by atoms with van der Waals surface area (Å²) < 4.78 is 0. The highest BCUT2D eigenvalue weighted by Crippen LogP contribution is 2.08. The lowest BCUT2D eigenvalue weighted by molar-refractivity contribution is -0.927. The maximum Gasteiger partial charge on any atom is 0.397 e. The van der Waals surface area contributed by atoms with Gasteiger partial charge in [0, 0.05) is 6.92 Å². The number of quaternary nitrogens is 2. The van der Waals surface area contributed by atoms with Crippen LogP contribution in [0, 0.1) is 10.4 Å². The van der Waals surface area contributed by atoms with Gasteiger partial charge in [0.05, 0.1) is 0 Å². The number of ketones is 1. The van der Waals surface area contributed by atoms with E-state index in [-0.39, 0.29) is 0 Å². The molecule has 2 aliphatic rings. The highest BCUT2D eigenvalue weighted by atomic mass is 16.5. The topological polar surface area (TPSA) is 109 Å². The first-order chi connectivity index (χ1) is 8.45. The van der Waals surface area contributed by atoms with Crippen molar-refractivity contribution in [2.24, 2.45) is 0 Å². The Hall–Kier alpha value is -1.80. The van der Waals surface area contributed by atoms with Crippen LogP contribution in [-0.2, 0) is 9.59 Å². The molecule has 0 bridgehead atoms. The number of fused-ring (bicyclic) bond motifs is 1. The van der Waals surface area contributed by atoms with Gasteiger partial charge in [0.25, 0.3) is 5.70 Å². The third kappa shape index (κ3) is 1.79. The highest BCUT2D eigenvalue weighted by molar-refractivity contribution is 5.98. The fourth-order valence-electron chi connectivity index (χ4n) is 2.25. The third-order valence-corrected chi connectivity index (χ3v) is 3.05. The van der Waals surface area contributed by atoms with Crippen LogP contribution in [0.1, 0.15) is 6.92 Å². The molecule has 18 heavy (non-hydrogen) atoms. The van der Waals surface area contributed by atoms with Gasteiger partial charge in [-0.3, -0.25) is 4.79 Å². The fraction of sp³-hybridized carbons (Fsp3) is 0.273. The largest absolute Gasteiger partial charge is 0.628 e. The first kappa shape index (κ1) is 12.7. The summed E-state index contributed by atoms with van der Waals surface area (Å²) in [7, 11) is 0. The smallest absolute Gasteiger partial charge is 0.397 e. The molecule has 4 atom stereocenters. The predicted molar refractivity (Wildman–Crippen MR) is 59.9 cm³/mol. The zero-order valence-corrected chi connectivity index (χ0v) is 9.54. The van der Waals surface area contributed by atoms with E-state index in [0.717, 1.165) is 6.92 Å². The Balaban J connectivity index is 2.59. The van der Waals surface area contributed by atoms with E-state index < -0.39 is 45.4 Å². The molecule has 0 aromatic carbocycles. The standard InChI is InChI=1S/C11H12N2O5/c1-6(14)9-10(11(15)16)13(18)8-5-3-2-4-7(8)12(9)17/h2-5,7-8,12-13H,1H3,(H,15,16). The molecule has 0 radical (unpaired) electrons. The Kier molecular flexibility index (Phi) is 3.14. The summed E-state index contributed by atoms with van der Waals surface area (Å²) in [5.41, 5.74) is -1.18. The van der Waals surface area contributed by atoms with E-state index in [9.17, 15) is 20.0 Å². The second kappa shape index (κ2) is 4.46. The van der Waals surface area contributed by atoms with Gasteiger partial charge in [0.2, 0.25) is 11.5 Å². The van der Waals surface area contributed by atoms with Gasteiger partial charge in [-0.2, -0.15) is 0 Å². The molecule has 0 aromatic heterocycles. The van der Waals surface area contributed by atoms with E-state index in [4.69, 9.17) is 5.11 Å². The quantitative estimate of drug-likeness (QED) is 0.471. The number of carbonyl (C=O) groups excluding carboxylic acids is 1. The van der Waals surface area contributed by atoms with E-state index >= 15 is 0 Å². The van der Waals surface area contributed by atoms with Gasteiger partial charge in [-0.1, -0.05) is 12.2 Å². The summed E-state index contributed by atoms with van der Waals surface area (Å²) in [4.78, 5) is 22.5. The maximum atomic E-state index is 12.1. The molecule has 1 aliphatic carbocycles. The van der Waals surface area contributed by atoms with Gasteiger partial charge in [-0.05, 0) is 12.2 Å². The lowest BCUT2D eigenvalue weighted by Crippen LogP contribution is -3.26. The first-order valence-corrected chi connectivity index (χ1v) is 5.37. The van der Waals surface area contributed by atoms with Crippen molar-refractivity contribution in [1.29, 1.82) is 0 Å². The van der Waals surface area contributed by atoms with Crippen LogP contribution in [0.25, 0.3) is 0 Å². The summed E-state index contributed by atoms with van der Waals surface area (Å²) in [6.07, 6.45) is 6.21. The second-order valence-corrected chi connectivity index (χ2v) is 4.16. The van der Waals surface area contributed by atoms with Crippen molar-refractivity contribution in [3.63, 3.8) is 0 Å². The molecule has 1 aliphatic heterocycles. The average Bonchev–Trinajstić information content (AvgIpc) is 2.32. The third-order valence-electron chi connectivity index (χ3n) is 3.05. The van der Waals surface area contributed by atoms with E-state index in [0.29, 0.717) is 0 Å². The van der Waals surface area contributed by atoms with Crippen molar-refractivity contribution in [2.45, 2.75) is 19.0 Å². The fourth-order valence-corrected chi connectivity index (χ4v) is 2.25. The summed E-state index contributed by atoms with van der Waals surface area (Å²) in [5.74, 6) is -2.22. The van der Waals surface area contributed by atoms with Crippen LogP contribution in [0.3, 0.4) is 0 Å². The number of allylic oxidation sites excluding steroid dienone is 3. The number of Topliss-reactive ketones (excluding diaryl/α,β-unsaturated/α-hetero) is 1. The average molecular weight is 252 g/mol. The van der Waals surface area contributed by atoms with Crippen molar-refractivity contribution in [3.8, 4) is 0 Å². The van der Waals surface area contributed by atoms with E-state index in [1.54, 1.807) is 12.2 Å². The lowest BCUT2D eigenvalue weighted by atomic mass is 9.97. The molecular formula is C11H12N2O5. The zero-order chi connectivity index (χ0) is 13.4. The molecule has 1 heterocycles. The summed E-state index contributed by atoms with van der Waals surface area (Å²) >= 11 is 0. The number of rotatable bonds is 2. The normalized spacial score (nSPS) is 34.4. The van der Waals surface area contributed by atoms with Crippen molar-refractivity contribution >= 4 is 11.8 Å². The van der Waals surface area contributed by atoms with Crippen LogP contribution in [0.5, 0.6) is 0 Å². The van der Waals surface area contributed by atoms with Crippen molar-refractivity contribution < 1.29 is 24.8 Å². The van der Waals surface area contributed by atoms with Crippen LogP contribution in [-0.4, -0.2) is 28.9 Å². The number of carboxylic acids is 1. The number of carbonyl (C=O) groups is 2. The number of aliphatic carboxylic acids is 1. The zero-order valence-electron chi connectivity index (χ0n) is 9.54. The minimum atomic E-state index is -1.53. The molecule has 0 saturated heterocycles. The predicted octanol–water partition coefficient (Wildman–Crippen LogP) is -2.49. The van der Waals surface area contributed by atoms with Gasteiger partial charge in [0.15, 0.2) is 12.1 Å². The van der Waals surface area contributed by atoms with Crippen molar-refractivity contribution in [1.82, 2.24) is 0 Å².